The maximum atomic E-state index is 12.4. The summed E-state index contributed by atoms with van der Waals surface area (Å²) in [6.45, 7) is 0.863. The first-order valence-corrected chi connectivity index (χ1v) is 7.37. The maximum absolute atomic E-state index is 12.4. The van der Waals surface area contributed by atoms with Crippen molar-refractivity contribution < 1.29 is 13.2 Å². The number of anilines is 1. The SMILES string of the molecule is Nc1cc(S(=O)(=O)N2CC3CCC(C2)O3)ccn1. The Morgan fingerprint density at radius 3 is 2.61 bits per heavy atom. The van der Waals surface area contributed by atoms with Gasteiger partial charge in [0.1, 0.15) is 5.82 Å². The molecule has 0 aromatic carbocycles. The summed E-state index contributed by atoms with van der Waals surface area (Å²) in [5, 5.41) is 0. The Morgan fingerprint density at radius 2 is 2.00 bits per heavy atom. The van der Waals surface area contributed by atoms with Crippen LogP contribution in [0.3, 0.4) is 0 Å². The van der Waals surface area contributed by atoms with Gasteiger partial charge in [0, 0.05) is 25.4 Å². The molecule has 0 radical (unpaired) electrons. The van der Waals surface area contributed by atoms with E-state index in [1.54, 1.807) is 0 Å². The third kappa shape index (κ3) is 1.98. The smallest absolute Gasteiger partial charge is 0.243 e. The lowest BCUT2D eigenvalue weighted by Crippen LogP contribution is -2.45. The number of sulfonamides is 1. The molecule has 0 saturated carbocycles. The summed E-state index contributed by atoms with van der Waals surface area (Å²) in [4.78, 5) is 4.02. The van der Waals surface area contributed by atoms with E-state index in [4.69, 9.17) is 10.5 Å². The molecule has 2 atom stereocenters. The van der Waals surface area contributed by atoms with Gasteiger partial charge in [0.15, 0.2) is 0 Å². The summed E-state index contributed by atoms with van der Waals surface area (Å²) in [6.07, 6.45) is 3.37. The van der Waals surface area contributed by atoms with Crippen LogP contribution in [0.4, 0.5) is 5.82 Å². The van der Waals surface area contributed by atoms with Crippen molar-refractivity contribution in [2.24, 2.45) is 0 Å². The van der Waals surface area contributed by atoms with Gasteiger partial charge >= 0.3 is 0 Å². The number of nitrogen functional groups attached to an aromatic ring is 1. The molecule has 1 aromatic rings. The van der Waals surface area contributed by atoms with Crippen LogP contribution in [0.2, 0.25) is 0 Å². The van der Waals surface area contributed by atoms with Crippen molar-refractivity contribution >= 4 is 15.8 Å². The van der Waals surface area contributed by atoms with Gasteiger partial charge in [-0.2, -0.15) is 4.31 Å². The van der Waals surface area contributed by atoms with Crippen molar-refractivity contribution in [3.8, 4) is 0 Å². The molecule has 0 spiro atoms. The van der Waals surface area contributed by atoms with Gasteiger partial charge < -0.3 is 10.5 Å². The van der Waals surface area contributed by atoms with E-state index in [1.807, 2.05) is 0 Å². The number of morpholine rings is 1. The highest BCUT2D eigenvalue weighted by atomic mass is 32.2. The molecule has 2 N–H and O–H groups in total. The Bertz CT molecular complexity index is 548. The molecular weight excluding hydrogens is 254 g/mol. The Balaban J connectivity index is 1.91. The lowest BCUT2D eigenvalue weighted by Gasteiger charge is -2.31. The first-order chi connectivity index (χ1) is 8.55. The molecule has 2 aliphatic heterocycles. The number of nitrogens with two attached hydrogens (primary N) is 1. The van der Waals surface area contributed by atoms with Gasteiger partial charge in [0.2, 0.25) is 10.0 Å². The monoisotopic (exact) mass is 269 g/mol. The summed E-state index contributed by atoms with van der Waals surface area (Å²) < 4.78 is 32.0. The largest absolute Gasteiger partial charge is 0.384 e. The second-order valence-corrected chi connectivity index (χ2v) is 6.63. The number of ether oxygens (including phenoxy) is 1. The fourth-order valence-corrected chi connectivity index (χ4v) is 4.04. The number of rotatable bonds is 2. The lowest BCUT2D eigenvalue weighted by atomic mass is 10.2. The van der Waals surface area contributed by atoms with Crippen LogP contribution < -0.4 is 5.73 Å². The van der Waals surface area contributed by atoms with Crippen molar-refractivity contribution in [3.05, 3.63) is 18.3 Å². The molecular formula is C11H15N3O3S. The molecule has 2 fully saturated rings. The molecule has 2 aliphatic rings. The van der Waals surface area contributed by atoms with Crippen molar-refractivity contribution in [1.82, 2.24) is 9.29 Å². The van der Waals surface area contributed by atoms with E-state index >= 15 is 0 Å². The highest BCUT2D eigenvalue weighted by molar-refractivity contribution is 7.89. The zero-order valence-corrected chi connectivity index (χ0v) is 10.6. The second-order valence-electron chi connectivity index (χ2n) is 4.70. The van der Waals surface area contributed by atoms with Crippen molar-refractivity contribution in [2.75, 3.05) is 18.8 Å². The van der Waals surface area contributed by atoms with Crippen LogP contribution in [-0.4, -0.2) is 43.0 Å². The Kier molecular flexibility index (Phi) is 2.76. The molecule has 3 heterocycles. The summed E-state index contributed by atoms with van der Waals surface area (Å²) in [7, 11) is -3.48. The standard InChI is InChI=1S/C11H15N3O3S/c12-11-5-10(3-4-13-11)18(15,16)14-6-8-1-2-9(7-14)17-8/h3-5,8-9H,1-2,6-7H2,(H2,12,13). The van der Waals surface area contributed by atoms with Crippen LogP contribution in [0.25, 0.3) is 0 Å². The number of fused-ring (bicyclic) bond motifs is 2. The molecule has 2 unspecified atom stereocenters. The Labute approximate surface area is 106 Å². The summed E-state index contributed by atoms with van der Waals surface area (Å²) in [5.74, 6) is 0.215. The van der Waals surface area contributed by atoms with Crippen molar-refractivity contribution in [2.45, 2.75) is 29.9 Å². The molecule has 6 nitrogen and oxygen atoms in total. The topological polar surface area (TPSA) is 85.5 Å². The van der Waals surface area contributed by atoms with E-state index in [0.29, 0.717) is 13.1 Å². The van der Waals surface area contributed by atoms with E-state index in [0.717, 1.165) is 12.8 Å². The van der Waals surface area contributed by atoms with Gasteiger partial charge in [-0.05, 0) is 18.9 Å². The van der Waals surface area contributed by atoms with Gasteiger partial charge in [0.05, 0.1) is 17.1 Å². The van der Waals surface area contributed by atoms with Crippen LogP contribution in [0.5, 0.6) is 0 Å². The predicted molar refractivity (Wildman–Crippen MR) is 65.3 cm³/mol. The Morgan fingerprint density at radius 1 is 1.33 bits per heavy atom. The minimum absolute atomic E-state index is 0.0395. The van der Waals surface area contributed by atoms with Gasteiger partial charge in [-0.15, -0.1) is 0 Å². The highest BCUT2D eigenvalue weighted by Gasteiger charge is 2.39. The molecule has 0 amide bonds. The third-order valence-corrected chi connectivity index (χ3v) is 5.23. The zero-order chi connectivity index (χ0) is 12.8. The van der Waals surface area contributed by atoms with E-state index in [-0.39, 0.29) is 22.9 Å². The fourth-order valence-electron chi connectivity index (χ4n) is 2.51. The van der Waals surface area contributed by atoms with Gasteiger partial charge in [-0.25, -0.2) is 13.4 Å². The minimum atomic E-state index is -3.48. The average Bonchev–Trinajstić information content (AvgIpc) is 2.68. The highest BCUT2D eigenvalue weighted by Crippen LogP contribution is 2.29. The van der Waals surface area contributed by atoms with Crippen LogP contribution in [0.1, 0.15) is 12.8 Å². The second kappa shape index (κ2) is 4.18. The van der Waals surface area contributed by atoms with E-state index in [9.17, 15) is 8.42 Å². The zero-order valence-electron chi connectivity index (χ0n) is 9.82. The van der Waals surface area contributed by atoms with Crippen molar-refractivity contribution in [3.63, 3.8) is 0 Å². The van der Waals surface area contributed by atoms with Gasteiger partial charge in [-0.1, -0.05) is 0 Å². The van der Waals surface area contributed by atoms with Crippen LogP contribution in [-0.2, 0) is 14.8 Å². The average molecular weight is 269 g/mol. The van der Waals surface area contributed by atoms with E-state index < -0.39 is 10.0 Å². The first-order valence-electron chi connectivity index (χ1n) is 5.93. The molecule has 2 bridgehead atoms. The molecule has 1 aromatic heterocycles. The molecule has 18 heavy (non-hydrogen) atoms. The number of pyridine rings is 1. The Hall–Kier alpha value is -1.18. The summed E-state index contributed by atoms with van der Waals surface area (Å²) in [5.41, 5.74) is 5.53. The molecule has 0 aliphatic carbocycles. The number of nitrogens with zero attached hydrogens (tertiary/aromatic N) is 2. The first kappa shape index (κ1) is 11.9. The minimum Gasteiger partial charge on any atom is -0.384 e. The lowest BCUT2D eigenvalue weighted by molar-refractivity contribution is -0.0114. The maximum Gasteiger partial charge on any atom is 0.243 e. The van der Waals surface area contributed by atoms with E-state index in [2.05, 4.69) is 4.98 Å². The van der Waals surface area contributed by atoms with E-state index in [1.165, 1.54) is 22.6 Å². The normalized spacial score (nSPS) is 28.4. The summed E-state index contributed by atoms with van der Waals surface area (Å²) in [6, 6.07) is 2.87. The molecule has 2 saturated heterocycles. The molecule has 7 heteroatoms. The third-order valence-electron chi connectivity index (χ3n) is 3.40. The van der Waals surface area contributed by atoms with Crippen LogP contribution in [0.15, 0.2) is 23.2 Å². The van der Waals surface area contributed by atoms with Crippen molar-refractivity contribution in [1.29, 1.82) is 0 Å². The number of hydrogen-bond acceptors (Lipinski definition) is 5. The van der Waals surface area contributed by atoms with Gasteiger partial charge in [-0.3, -0.25) is 0 Å². The van der Waals surface area contributed by atoms with Crippen LogP contribution in [0, 0.1) is 0 Å². The quantitative estimate of drug-likeness (QED) is 0.830. The van der Waals surface area contributed by atoms with Crippen LogP contribution >= 0.6 is 0 Å². The summed E-state index contributed by atoms with van der Waals surface area (Å²) >= 11 is 0. The molecule has 98 valence electrons. The molecule has 3 rings (SSSR count). The predicted octanol–water partition coefficient (Wildman–Crippen LogP) is 0.216. The fraction of sp³-hybridized carbons (Fsp3) is 0.545. The number of aromatic nitrogens is 1. The van der Waals surface area contributed by atoms with Gasteiger partial charge in [0.25, 0.3) is 0 Å². The number of hydrogen-bond donors (Lipinski definition) is 1.